The third-order valence-corrected chi connectivity index (χ3v) is 5.15. The molecule has 0 bridgehead atoms. The number of Topliss-reactive ketones (excluding diaryl/α,β-unsaturated/α-hetero) is 1. The Morgan fingerprint density at radius 2 is 2.38 bits per heavy atom. The van der Waals surface area contributed by atoms with Crippen LogP contribution in [0.15, 0.2) is 36.0 Å². The molecule has 0 unspecified atom stereocenters. The lowest BCUT2D eigenvalue weighted by Gasteiger charge is -2.35. The Morgan fingerprint density at radius 1 is 1.48 bits per heavy atom. The summed E-state index contributed by atoms with van der Waals surface area (Å²) >= 11 is 1.55. The average Bonchev–Trinajstić information content (AvgIpc) is 2.98. The Labute approximate surface area is 129 Å². The summed E-state index contributed by atoms with van der Waals surface area (Å²) in [6, 6.07) is 6.68. The van der Waals surface area contributed by atoms with Gasteiger partial charge in [0.2, 0.25) is 0 Å². The van der Waals surface area contributed by atoms with Gasteiger partial charge in [0.25, 0.3) is 0 Å². The van der Waals surface area contributed by atoms with E-state index in [1.54, 1.807) is 18.3 Å². The van der Waals surface area contributed by atoms with Gasteiger partial charge in [0.05, 0.1) is 4.88 Å². The molecule has 0 saturated carbocycles. The third kappa shape index (κ3) is 3.39. The highest BCUT2D eigenvalue weighted by Gasteiger charge is 2.24. The molecule has 1 fully saturated rings. The van der Waals surface area contributed by atoms with Crippen molar-refractivity contribution in [1.82, 2.24) is 9.88 Å². The largest absolute Gasteiger partial charge is 0.294 e. The van der Waals surface area contributed by atoms with E-state index in [1.807, 2.05) is 24.5 Å². The second kappa shape index (κ2) is 6.50. The number of carbonyl (C=O) groups is 1. The van der Waals surface area contributed by atoms with Crippen molar-refractivity contribution < 1.29 is 4.79 Å². The second-order valence-electron chi connectivity index (χ2n) is 5.64. The molecule has 0 aliphatic carbocycles. The molecule has 0 N–H and O–H groups in total. The van der Waals surface area contributed by atoms with Gasteiger partial charge in [-0.1, -0.05) is 12.5 Å². The molecule has 110 valence electrons. The molecule has 3 nitrogen and oxygen atoms in total. The number of nitrogens with zero attached hydrogens (tertiary/aromatic N) is 2. The van der Waals surface area contributed by atoms with Crippen LogP contribution in [0.4, 0.5) is 0 Å². The predicted molar refractivity (Wildman–Crippen MR) is 85.6 cm³/mol. The summed E-state index contributed by atoms with van der Waals surface area (Å²) < 4.78 is 0. The minimum atomic E-state index is 0.161. The first-order chi connectivity index (χ1) is 10.2. The number of piperidine rings is 1. The minimum absolute atomic E-state index is 0.161. The second-order valence-corrected chi connectivity index (χ2v) is 6.56. The number of hydrogen-bond acceptors (Lipinski definition) is 4. The smallest absolute Gasteiger partial charge is 0.169 e. The Hall–Kier alpha value is -1.52. The summed E-state index contributed by atoms with van der Waals surface area (Å²) in [5.74, 6) is 0.161. The van der Waals surface area contributed by atoms with Crippen molar-refractivity contribution in [2.75, 3.05) is 6.54 Å². The van der Waals surface area contributed by atoms with Crippen LogP contribution in [0.3, 0.4) is 0 Å². The molecule has 0 aromatic carbocycles. The third-order valence-electron chi connectivity index (χ3n) is 4.07. The average molecular weight is 300 g/mol. The molecular formula is C17H20N2OS. The zero-order chi connectivity index (χ0) is 14.7. The van der Waals surface area contributed by atoms with Gasteiger partial charge in [0.1, 0.15) is 0 Å². The number of carbonyl (C=O) groups excluding carboxylic acids is 1. The highest BCUT2D eigenvalue weighted by molar-refractivity contribution is 7.12. The van der Waals surface area contributed by atoms with Crippen LogP contribution in [-0.2, 0) is 6.54 Å². The highest BCUT2D eigenvalue weighted by Crippen LogP contribution is 2.32. The highest BCUT2D eigenvalue weighted by atomic mass is 32.1. The van der Waals surface area contributed by atoms with Gasteiger partial charge in [0.15, 0.2) is 5.78 Å². The number of pyridine rings is 1. The van der Waals surface area contributed by atoms with Gasteiger partial charge in [-0.2, -0.15) is 0 Å². The molecule has 3 heterocycles. The van der Waals surface area contributed by atoms with Crippen molar-refractivity contribution >= 4 is 17.1 Å². The number of hydrogen-bond donors (Lipinski definition) is 0. The van der Waals surface area contributed by atoms with Crippen molar-refractivity contribution in [1.29, 1.82) is 0 Å². The monoisotopic (exact) mass is 300 g/mol. The summed E-state index contributed by atoms with van der Waals surface area (Å²) in [5.41, 5.74) is 2.56. The van der Waals surface area contributed by atoms with Gasteiger partial charge in [-0.3, -0.25) is 14.7 Å². The fourth-order valence-electron chi connectivity index (χ4n) is 3.01. The number of thiophene rings is 1. The zero-order valence-electron chi connectivity index (χ0n) is 12.3. The maximum absolute atomic E-state index is 11.4. The van der Waals surface area contributed by atoms with Crippen LogP contribution in [-0.4, -0.2) is 22.2 Å². The van der Waals surface area contributed by atoms with Gasteiger partial charge in [-0.25, -0.2) is 0 Å². The molecule has 1 saturated heterocycles. The van der Waals surface area contributed by atoms with E-state index in [1.165, 1.54) is 30.4 Å². The minimum Gasteiger partial charge on any atom is -0.294 e. The van der Waals surface area contributed by atoms with E-state index in [9.17, 15) is 4.79 Å². The molecule has 0 spiro atoms. The van der Waals surface area contributed by atoms with Gasteiger partial charge in [-0.05, 0) is 54.9 Å². The molecule has 4 heteroatoms. The van der Waals surface area contributed by atoms with Crippen molar-refractivity contribution in [2.24, 2.45) is 0 Å². The van der Waals surface area contributed by atoms with E-state index in [-0.39, 0.29) is 5.78 Å². The van der Waals surface area contributed by atoms with Gasteiger partial charge < -0.3 is 0 Å². The predicted octanol–water partition coefficient (Wildman–Crippen LogP) is 4.07. The van der Waals surface area contributed by atoms with E-state index >= 15 is 0 Å². The number of likely N-dealkylation sites (tertiary alicyclic amines) is 1. The maximum Gasteiger partial charge on any atom is 0.169 e. The lowest BCUT2D eigenvalue weighted by molar-refractivity contribution is 0.102. The molecular weight excluding hydrogens is 280 g/mol. The maximum atomic E-state index is 11.4. The lowest BCUT2D eigenvalue weighted by atomic mass is 9.96. The number of ketones is 1. The summed E-state index contributed by atoms with van der Waals surface area (Å²) in [5, 5.41) is 2.12. The topological polar surface area (TPSA) is 33.2 Å². The fourth-order valence-corrected chi connectivity index (χ4v) is 3.81. The van der Waals surface area contributed by atoms with Gasteiger partial charge in [-0.15, -0.1) is 11.3 Å². The van der Waals surface area contributed by atoms with E-state index in [4.69, 9.17) is 0 Å². The Balaban J connectivity index is 1.76. The summed E-state index contributed by atoms with van der Waals surface area (Å²) in [6.45, 7) is 3.67. The first kappa shape index (κ1) is 14.4. The van der Waals surface area contributed by atoms with Crippen LogP contribution < -0.4 is 0 Å². The van der Waals surface area contributed by atoms with Crippen molar-refractivity contribution in [3.8, 4) is 0 Å². The van der Waals surface area contributed by atoms with Gasteiger partial charge >= 0.3 is 0 Å². The molecule has 2 aromatic rings. The van der Waals surface area contributed by atoms with E-state index in [0.717, 1.165) is 18.0 Å². The first-order valence-electron chi connectivity index (χ1n) is 7.46. The van der Waals surface area contributed by atoms with E-state index in [2.05, 4.69) is 21.3 Å². The SMILES string of the molecule is CC(=O)c1cc(CN2CCCC[C@@H]2c2cccnc2)cs1. The van der Waals surface area contributed by atoms with Crippen molar-refractivity contribution in [3.05, 3.63) is 52.0 Å². The van der Waals surface area contributed by atoms with Crippen LogP contribution in [0.25, 0.3) is 0 Å². The van der Waals surface area contributed by atoms with Crippen LogP contribution in [0.2, 0.25) is 0 Å². The van der Waals surface area contributed by atoms with Crippen LogP contribution in [0, 0.1) is 0 Å². The number of rotatable bonds is 4. The molecule has 1 atom stereocenters. The molecule has 1 aliphatic rings. The summed E-state index contributed by atoms with van der Waals surface area (Å²) in [7, 11) is 0. The standard InChI is InChI=1S/C17H20N2OS/c1-13(20)17-9-14(12-21-17)11-19-8-3-2-6-16(19)15-5-4-7-18-10-15/h4-5,7,9-10,12,16H,2-3,6,8,11H2,1H3/t16-/m1/s1. The van der Waals surface area contributed by atoms with Gasteiger partial charge in [0, 0.05) is 25.0 Å². The molecule has 2 aromatic heterocycles. The summed E-state index contributed by atoms with van der Waals surface area (Å²) in [6.07, 6.45) is 7.53. The fraction of sp³-hybridized carbons (Fsp3) is 0.412. The van der Waals surface area contributed by atoms with Crippen molar-refractivity contribution in [3.63, 3.8) is 0 Å². The molecule has 1 aliphatic heterocycles. The van der Waals surface area contributed by atoms with Crippen LogP contribution in [0.5, 0.6) is 0 Å². The van der Waals surface area contributed by atoms with Crippen LogP contribution in [0.1, 0.15) is 53.0 Å². The van der Waals surface area contributed by atoms with Crippen LogP contribution >= 0.6 is 11.3 Å². The molecule has 21 heavy (non-hydrogen) atoms. The molecule has 0 radical (unpaired) electrons. The molecule has 0 amide bonds. The number of aromatic nitrogens is 1. The molecule has 3 rings (SSSR count). The van der Waals surface area contributed by atoms with E-state index in [0.29, 0.717) is 6.04 Å². The Morgan fingerprint density at radius 3 is 3.10 bits per heavy atom. The Bertz CT molecular complexity index is 608. The first-order valence-corrected chi connectivity index (χ1v) is 8.34. The Kier molecular flexibility index (Phi) is 4.46. The quantitative estimate of drug-likeness (QED) is 0.798. The summed E-state index contributed by atoms with van der Waals surface area (Å²) in [4.78, 5) is 19.1. The van der Waals surface area contributed by atoms with E-state index < -0.39 is 0 Å². The van der Waals surface area contributed by atoms with Crippen molar-refractivity contribution in [2.45, 2.75) is 38.8 Å². The normalized spacial score (nSPS) is 19.6. The zero-order valence-corrected chi connectivity index (χ0v) is 13.1. The lowest BCUT2D eigenvalue weighted by Crippen LogP contribution is -2.32.